The van der Waals surface area contributed by atoms with Gasteiger partial charge in [-0.1, -0.05) is 29.3 Å². The molecule has 0 fully saturated rings. The molecule has 3 aromatic carbocycles. The zero-order chi connectivity index (χ0) is 22.3. The van der Waals surface area contributed by atoms with Crippen molar-refractivity contribution in [3.05, 3.63) is 82.4 Å². The first-order chi connectivity index (χ1) is 13.9. The highest BCUT2D eigenvalue weighted by Gasteiger charge is 2.37. The maximum absolute atomic E-state index is 13.5. The molecule has 0 aliphatic rings. The standard InChI is InChI=1S/C21H20ClNO5S2/c1-14-4-8-19(9-5-14)29(25,26)23(18-12-15(2)21(24)16(3)13-18)30(27,28)20-10-6-17(22)7-11-20/h4-13,24H,1-3H3. The van der Waals surface area contributed by atoms with Crippen LogP contribution >= 0.6 is 11.6 Å². The summed E-state index contributed by atoms with van der Waals surface area (Å²) in [5, 5.41) is 10.4. The van der Waals surface area contributed by atoms with E-state index in [4.69, 9.17) is 11.6 Å². The fourth-order valence-electron chi connectivity index (χ4n) is 2.95. The Bertz CT molecular complexity index is 1200. The smallest absolute Gasteiger partial charge is 0.277 e. The molecule has 1 N–H and O–H groups in total. The Hall–Kier alpha value is -2.55. The van der Waals surface area contributed by atoms with Gasteiger partial charge in [-0.15, -0.1) is 0 Å². The Morgan fingerprint density at radius 1 is 0.733 bits per heavy atom. The fourth-order valence-corrected chi connectivity index (χ4v) is 6.74. The van der Waals surface area contributed by atoms with Gasteiger partial charge in [0.05, 0.1) is 15.5 Å². The number of sulfonamides is 2. The van der Waals surface area contributed by atoms with E-state index in [9.17, 15) is 21.9 Å². The lowest BCUT2D eigenvalue weighted by Gasteiger charge is -2.25. The molecule has 0 atom stereocenters. The topological polar surface area (TPSA) is 91.8 Å². The van der Waals surface area contributed by atoms with Crippen LogP contribution in [0.2, 0.25) is 5.02 Å². The van der Waals surface area contributed by atoms with E-state index in [1.54, 1.807) is 32.9 Å². The molecular weight excluding hydrogens is 446 g/mol. The lowest BCUT2D eigenvalue weighted by Crippen LogP contribution is -2.37. The molecule has 0 heterocycles. The minimum absolute atomic E-state index is 0.0321. The molecule has 30 heavy (non-hydrogen) atoms. The summed E-state index contributed by atoms with van der Waals surface area (Å²) in [6.07, 6.45) is 0. The van der Waals surface area contributed by atoms with E-state index >= 15 is 0 Å². The van der Waals surface area contributed by atoms with Gasteiger partial charge in [0, 0.05) is 5.02 Å². The second kappa shape index (κ2) is 7.94. The number of rotatable bonds is 5. The zero-order valence-electron chi connectivity index (χ0n) is 16.5. The fraction of sp³-hybridized carbons (Fsp3) is 0.143. The van der Waals surface area contributed by atoms with E-state index in [-0.39, 0.29) is 21.2 Å². The summed E-state index contributed by atoms with van der Waals surface area (Å²) < 4.78 is 54.3. The molecule has 0 amide bonds. The Morgan fingerprint density at radius 2 is 1.13 bits per heavy atom. The largest absolute Gasteiger partial charge is 0.507 e. The van der Waals surface area contributed by atoms with Crippen LogP contribution in [0.4, 0.5) is 5.69 Å². The van der Waals surface area contributed by atoms with Gasteiger partial charge in [0.1, 0.15) is 5.75 Å². The van der Waals surface area contributed by atoms with Crippen molar-refractivity contribution in [3.8, 4) is 5.75 Å². The molecule has 9 heteroatoms. The Morgan fingerprint density at radius 3 is 1.57 bits per heavy atom. The monoisotopic (exact) mass is 465 g/mol. The van der Waals surface area contributed by atoms with E-state index in [1.165, 1.54) is 48.5 Å². The van der Waals surface area contributed by atoms with E-state index in [0.717, 1.165) is 5.56 Å². The van der Waals surface area contributed by atoms with Crippen molar-refractivity contribution in [1.82, 2.24) is 0 Å². The SMILES string of the molecule is Cc1ccc(S(=O)(=O)N(c2cc(C)c(O)c(C)c2)S(=O)(=O)c2ccc(Cl)cc2)cc1. The summed E-state index contributed by atoms with van der Waals surface area (Å²) in [6.45, 7) is 4.93. The van der Waals surface area contributed by atoms with Crippen LogP contribution in [0.15, 0.2) is 70.5 Å². The van der Waals surface area contributed by atoms with E-state index < -0.39 is 20.0 Å². The summed E-state index contributed by atoms with van der Waals surface area (Å²) in [4.78, 5) is -0.403. The maximum Gasteiger partial charge on any atom is 0.277 e. The summed E-state index contributed by atoms with van der Waals surface area (Å²) in [5.74, 6) is -0.0321. The number of hydrogen-bond donors (Lipinski definition) is 1. The van der Waals surface area contributed by atoms with Crippen LogP contribution in [0, 0.1) is 20.8 Å². The molecule has 0 spiro atoms. The van der Waals surface area contributed by atoms with Crippen molar-refractivity contribution in [2.24, 2.45) is 0 Å². The van der Waals surface area contributed by atoms with Crippen LogP contribution in [-0.2, 0) is 20.0 Å². The van der Waals surface area contributed by atoms with Crippen molar-refractivity contribution in [2.75, 3.05) is 3.71 Å². The first kappa shape index (κ1) is 22.1. The van der Waals surface area contributed by atoms with Gasteiger partial charge in [-0.25, -0.2) is 16.8 Å². The summed E-state index contributed by atoms with van der Waals surface area (Å²) in [6, 6.07) is 13.8. The molecule has 6 nitrogen and oxygen atoms in total. The molecule has 0 bridgehead atoms. The lowest BCUT2D eigenvalue weighted by molar-refractivity contribution is 0.467. The number of phenols is 1. The van der Waals surface area contributed by atoms with Gasteiger partial charge in [-0.05, 0) is 80.4 Å². The quantitative estimate of drug-likeness (QED) is 0.596. The first-order valence-corrected chi connectivity index (χ1v) is 12.1. The molecule has 0 unspecified atom stereocenters. The third-order valence-electron chi connectivity index (χ3n) is 4.55. The minimum Gasteiger partial charge on any atom is -0.507 e. The van der Waals surface area contributed by atoms with Crippen LogP contribution in [0.25, 0.3) is 0 Å². The lowest BCUT2D eigenvalue weighted by atomic mass is 10.1. The Balaban J connectivity index is 2.32. The summed E-state index contributed by atoms with van der Waals surface area (Å²) in [5.41, 5.74) is 1.43. The van der Waals surface area contributed by atoms with Gasteiger partial charge in [-0.2, -0.15) is 3.71 Å². The molecule has 3 rings (SSSR count). The van der Waals surface area contributed by atoms with Crippen molar-refractivity contribution in [3.63, 3.8) is 0 Å². The van der Waals surface area contributed by atoms with Crippen LogP contribution < -0.4 is 3.71 Å². The molecular formula is C21H20ClNO5S2. The molecule has 3 aromatic rings. The normalized spacial score (nSPS) is 12.0. The summed E-state index contributed by atoms with van der Waals surface area (Å²) in [7, 11) is -9.03. The number of halogens is 1. The predicted molar refractivity (Wildman–Crippen MR) is 117 cm³/mol. The maximum atomic E-state index is 13.5. The van der Waals surface area contributed by atoms with Crippen molar-refractivity contribution < 1.29 is 21.9 Å². The molecule has 158 valence electrons. The zero-order valence-corrected chi connectivity index (χ0v) is 18.9. The highest BCUT2D eigenvalue weighted by atomic mass is 35.5. The average molecular weight is 466 g/mol. The van der Waals surface area contributed by atoms with Gasteiger partial charge >= 0.3 is 0 Å². The van der Waals surface area contributed by atoms with Gasteiger partial charge < -0.3 is 5.11 Å². The number of phenolic OH excluding ortho intramolecular Hbond substituents is 1. The van der Waals surface area contributed by atoms with Gasteiger partial charge in [0.25, 0.3) is 20.0 Å². The van der Waals surface area contributed by atoms with Crippen molar-refractivity contribution >= 4 is 37.3 Å². The molecule has 0 radical (unpaired) electrons. The van der Waals surface area contributed by atoms with E-state index in [2.05, 4.69) is 0 Å². The Labute approximate surface area is 181 Å². The highest BCUT2D eigenvalue weighted by molar-refractivity contribution is 8.10. The number of aryl methyl sites for hydroxylation is 3. The predicted octanol–water partition coefficient (Wildman–Crippen LogP) is 4.56. The van der Waals surface area contributed by atoms with Gasteiger partial charge in [0.15, 0.2) is 0 Å². The third kappa shape index (κ3) is 4.03. The average Bonchev–Trinajstić information content (AvgIpc) is 2.66. The summed E-state index contributed by atoms with van der Waals surface area (Å²) >= 11 is 5.86. The first-order valence-electron chi connectivity index (χ1n) is 8.87. The molecule has 0 aliphatic carbocycles. The van der Waals surface area contributed by atoms with Crippen LogP contribution in [0.1, 0.15) is 16.7 Å². The number of anilines is 1. The number of aromatic hydroxyl groups is 1. The number of benzene rings is 3. The minimum atomic E-state index is -4.53. The van der Waals surface area contributed by atoms with Crippen molar-refractivity contribution in [1.29, 1.82) is 0 Å². The van der Waals surface area contributed by atoms with E-state index in [0.29, 0.717) is 19.9 Å². The van der Waals surface area contributed by atoms with Gasteiger partial charge in [-0.3, -0.25) is 0 Å². The van der Waals surface area contributed by atoms with Gasteiger partial charge in [0.2, 0.25) is 0 Å². The van der Waals surface area contributed by atoms with E-state index in [1.807, 2.05) is 0 Å². The number of nitrogens with zero attached hydrogens (tertiary/aromatic N) is 1. The second-order valence-corrected chi connectivity index (χ2v) is 11.1. The van der Waals surface area contributed by atoms with Crippen molar-refractivity contribution in [2.45, 2.75) is 30.6 Å². The van der Waals surface area contributed by atoms with Crippen LogP contribution in [0.5, 0.6) is 5.75 Å². The molecule has 0 saturated heterocycles. The van der Waals surface area contributed by atoms with Crippen LogP contribution in [0.3, 0.4) is 0 Å². The number of hydrogen-bond acceptors (Lipinski definition) is 5. The second-order valence-electron chi connectivity index (χ2n) is 6.90. The van der Waals surface area contributed by atoms with Crippen LogP contribution in [-0.4, -0.2) is 21.9 Å². The third-order valence-corrected chi connectivity index (χ3v) is 9.01. The molecule has 0 aromatic heterocycles. The molecule has 0 aliphatic heterocycles. The molecule has 0 saturated carbocycles. The Kier molecular flexibility index (Phi) is 5.86. The highest BCUT2D eigenvalue weighted by Crippen LogP contribution is 2.35.